The summed E-state index contributed by atoms with van der Waals surface area (Å²) >= 11 is 0. The van der Waals surface area contributed by atoms with Crippen LogP contribution in [0.15, 0.2) is 12.4 Å². The topological polar surface area (TPSA) is 75.3 Å². The largest absolute Gasteiger partial charge is 0.396 e. The Morgan fingerprint density at radius 2 is 2.08 bits per heavy atom. The maximum Gasteiger partial charge on any atom is 0.225 e. The fraction of sp³-hybridized carbons (Fsp3) is 0.429. The molecule has 5 heteroatoms. The van der Waals surface area contributed by atoms with Crippen LogP contribution in [-0.2, 0) is 0 Å². The summed E-state index contributed by atoms with van der Waals surface area (Å²) in [4.78, 5) is 9.70. The van der Waals surface area contributed by atoms with Crippen LogP contribution in [0.25, 0.3) is 0 Å². The lowest BCUT2D eigenvalue weighted by Gasteiger charge is -2.14. The molecule has 1 aromatic heterocycles. The molecule has 66 valence electrons. The van der Waals surface area contributed by atoms with Crippen LogP contribution in [0.5, 0.6) is 0 Å². The summed E-state index contributed by atoms with van der Waals surface area (Å²) in [5.41, 5.74) is 5.95. The van der Waals surface area contributed by atoms with Crippen molar-refractivity contribution in [2.75, 3.05) is 30.8 Å². The molecule has 3 N–H and O–H groups in total. The molecular weight excluding hydrogens is 156 g/mol. The van der Waals surface area contributed by atoms with Crippen LogP contribution in [-0.4, -0.2) is 35.3 Å². The van der Waals surface area contributed by atoms with Crippen LogP contribution in [0.1, 0.15) is 0 Å². The molecule has 0 aliphatic carbocycles. The summed E-state index contributed by atoms with van der Waals surface area (Å²) < 4.78 is 0. The molecule has 0 aliphatic rings. The molecule has 0 radical (unpaired) electrons. The number of likely N-dealkylation sites (N-methyl/N-ethyl adjacent to an activating group) is 1. The molecule has 0 fully saturated rings. The first-order valence-electron chi connectivity index (χ1n) is 3.63. The van der Waals surface area contributed by atoms with Crippen molar-refractivity contribution in [3.63, 3.8) is 0 Å². The van der Waals surface area contributed by atoms with E-state index in [4.69, 9.17) is 10.8 Å². The lowest BCUT2D eigenvalue weighted by molar-refractivity contribution is 0.303. The Morgan fingerprint density at radius 3 is 2.58 bits per heavy atom. The fourth-order valence-corrected chi connectivity index (χ4v) is 0.778. The van der Waals surface area contributed by atoms with Gasteiger partial charge in [0.2, 0.25) is 5.95 Å². The SMILES string of the molecule is CN(CCO)c1ncc(N)cn1. The zero-order chi connectivity index (χ0) is 8.97. The van der Waals surface area contributed by atoms with E-state index in [0.717, 1.165) is 0 Å². The average molecular weight is 168 g/mol. The number of aliphatic hydroxyl groups is 1. The second kappa shape index (κ2) is 3.87. The summed E-state index contributed by atoms with van der Waals surface area (Å²) in [6.07, 6.45) is 3.08. The Bertz CT molecular complexity index is 236. The van der Waals surface area contributed by atoms with Crippen molar-refractivity contribution in [2.24, 2.45) is 0 Å². The van der Waals surface area contributed by atoms with E-state index in [1.54, 1.807) is 4.90 Å². The van der Waals surface area contributed by atoms with Crippen LogP contribution in [0.2, 0.25) is 0 Å². The minimum Gasteiger partial charge on any atom is -0.396 e. The van der Waals surface area contributed by atoms with E-state index in [9.17, 15) is 0 Å². The molecule has 1 rings (SSSR count). The highest BCUT2D eigenvalue weighted by atomic mass is 16.3. The van der Waals surface area contributed by atoms with Gasteiger partial charge in [0.25, 0.3) is 0 Å². The van der Waals surface area contributed by atoms with Gasteiger partial charge in [0.15, 0.2) is 0 Å². The highest BCUT2D eigenvalue weighted by Gasteiger charge is 2.01. The Balaban J connectivity index is 2.68. The number of nitrogens with two attached hydrogens (primary N) is 1. The van der Waals surface area contributed by atoms with E-state index < -0.39 is 0 Å². The van der Waals surface area contributed by atoms with E-state index in [2.05, 4.69) is 9.97 Å². The summed E-state index contributed by atoms with van der Waals surface area (Å²) in [6, 6.07) is 0. The van der Waals surface area contributed by atoms with Crippen LogP contribution >= 0.6 is 0 Å². The number of nitrogen functional groups attached to an aromatic ring is 1. The lowest BCUT2D eigenvalue weighted by Crippen LogP contribution is -2.23. The smallest absolute Gasteiger partial charge is 0.225 e. The Morgan fingerprint density at radius 1 is 1.50 bits per heavy atom. The number of hydrogen-bond acceptors (Lipinski definition) is 5. The van der Waals surface area contributed by atoms with Gasteiger partial charge >= 0.3 is 0 Å². The van der Waals surface area contributed by atoms with Gasteiger partial charge in [0.1, 0.15) is 0 Å². The molecule has 0 aromatic carbocycles. The summed E-state index contributed by atoms with van der Waals surface area (Å²) in [6.45, 7) is 0.605. The third kappa shape index (κ3) is 2.06. The molecule has 0 saturated carbocycles. The second-order valence-corrected chi connectivity index (χ2v) is 2.46. The highest BCUT2D eigenvalue weighted by Crippen LogP contribution is 2.04. The van der Waals surface area contributed by atoms with Gasteiger partial charge in [-0.15, -0.1) is 0 Å². The van der Waals surface area contributed by atoms with E-state index >= 15 is 0 Å². The molecule has 0 saturated heterocycles. The molecular formula is C7H12N4O. The van der Waals surface area contributed by atoms with Gasteiger partial charge in [0, 0.05) is 13.6 Å². The monoisotopic (exact) mass is 168 g/mol. The van der Waals surface area contributed by atoms with Gasteiger partial charge in [-0.3, -0.25) is 0 Å². The number of aliphatic hydroxyl groups excluding tert-OH is 1. The van der Waals surface area contributed by atoms with E-state index in [1.165, 1.54) is 12.4 Å². The molecule has 1 heterocycles. The molecule has 0 amide bonds. The minimum absolute atomic E-state index is 0.0875. The molecule has 0 spiro atoms. The van der Waals surface area contributed by atoms with E-state index in [-0.39, 0.29) is 6.61 Å². The third-order valence-corrected chi connectivity index (χ3v) is 1.44. The van der Waals surface area contributed by atoms with Crippen molar-refractivity contribution in [3.05, 3.63) is 12.4 Å². The number of nitrogens with zero attached hydrogens (tertiary/aromatic N) is 3. The predicted molar refractivity (Wildman–Crippen MR) is 46.8 cm³/mol. The standard InChI is InChI=1S/C7H12N4O/c1-11(2-3-12)7-9-4-6(8)5-10-7/h4-5,12H,2-3,8H2,1H3. The molecule has 12 heavy (non-hydrogen) atoms. The molecule has 0 atom stereocenters. The van der Waals surface area contributed by atoms with Gasteiger partial charge in [-0.25, -0.2) is 9.97 Å². The quantitative estimate of drug-likeness (QED) is 0.635. The lowest BCUT2D eigenvalue weighted by atomic mass is 10.5. The Labute approximate surface area is 70.9 Å². The number of hydrogen-bond donors (Lipinski definition) is 2. The van der Waals surface area contributed by atoms with Crippen LogP contribution in [0, 0.1) is 0 Å². The zero-order valence-electron chi connectivity index (χ0n) is 6.94. The van der Waals surface area contributed by atoms with Gasteiger partial charge in [-0.1, -0.05) is 0 Å². The van der Waals surface area contributed by atoms with Crippen molar-refractivity contribution < 1.29 is 5.11 Å². The van der Waals surface area contributed by atoms with Crippen LogP contribution < -0.4 is 10.6 Å². The first-order chi connectivity index (χ1) is 5.74. The highest BCUT2D eigenvalue weighted by molar-refractivity contribution is 5.37. The molecule has 5 nitrogen and oxygen atoms in total. The first-order valence-corrected chi connectivity index (χ1v) is 3.63. The second-order valence-electron chi connectivity index (χ2n) is 2.46. The third-order valence-electron chi connectivity index (χ3n) is 1.44. The summed E-state index contributed by atoms with van der Waals surface area (Å²) in [7, 11) is 1.81. The van der Waals surface area contributed by atoms with Gasteiger partial charge < -0.3 is 15.7 Å². The number of rotatable bonds is 3. The summed E-state index contributed by atoms with van der Waals surface area (Å²) in [5, 5.41) is 8.63. The van der Waals surface area contributed by atoms with Gasteiger partial charge in [-0.05, 0) is 0 Å². The number of aromatic nitrogens is 2. The maximum atomic E-state index is 8.63. The van der Waals surface area contributed by atoms with Crippen molar-refractivity contribution in [1.29, 1.82) is 0 Å². The molecule has 0 unspecified atom stereocenters. The van der Waals surface area contributed by atoms with Crippen molar-refractivity contribution in [1.82, 2.24) is 9.97 Å². The van der Waals surface area contributed by atoms with Gasteiger partial charge in [-0.2, -0.15) is 0 Å². The van der Waals surface area contributed by atoms with Gasteiger partial charge in [0.05, 0.1) is 24.7 Å². The Kier molecular flexibility index (Phi) is 2.82. The van der Waals surface area contributed by atoms with E-state index in [1.807, 2.05) is 7.05 Å². The predicted octanol–water partition coefficient (Wildman–Crippen LogP) is -0.513. The van der Waals surface area contributed by atoms with Crippen molar-refractivity contribution >= 4 is 11.6 Å². The van der Waals surface area contributed by atoms with Crippen molar-refractivity contribution in [3.8, 4) is 0 Å². The van der Waals surface area contributed by atoms with E-state index in [0.29, 0.717) is 18.2 Å². The molecule has 0 bridgehead atoms. The van der Waals surface area contributed by atoms with Crippen LogP contribution in [0.4, 0.5) is 11.6 Å². The first kappa shape index (κ1) is 8.73. The zero-order valence-corrected chi connectivity index (χ0v) is 6.94. The Hall–Kier alpha value is -1.36. The number of anilines is 2. The summed E-state index contributed by atoms with van der Waals surface area (Å²) in [5.74, 6) is 0.568. The fourth-order valence-electron chi connectivity index (χ4n) is 0.778. The molecule has 1 aromatic rings. The van der Waals surface area contributed by atoms with Crippen molar-refractivity contribution in [2.45, 2.75) is 0 Å². The maximum absolute atomic E-state index is 8.63. The minimum atomic E-state index is 0.0875. The average Bonchev–Trinajstić information content (AvgIpc) is 2.06. The normalized spacial score (nSPS) is 9.83. The molecule has 0 aliphatic heterocycles. The van der Waals surface area contributed by atoms with Crippen LogP contribution in [0.3, 0.4) is 0 Å².